The van der Waals surface area contributed by atoms with Crippen LogP contribution in [0.3, 0.4) is 0 Å². The van der Waals surface area contributed by atoms with Gasteiger partial charge in [-0.2, -0.15) is 0 Å². The average Bonchev–Trinajstić information content (AvgIpc) is 2.36. The number of benzene rings is 2. The molecular formula is C12H9ClIN3O2. The molecule has 2 rings (SSSR count). The van der Waals surface area contributed by atoms with Gasteiger partial charge in [-0.3, -0.25) is 10.1 Å². The largest absolute Gasteiger partial charge is 0.399 e. The third kappa shape index (κ3) is 3.27. The Morgan fingerprint density at radius 3 is 2.58 bits per heavy atom. The first-order valence-electron chi connectivity index (χ1n) is 5.23. The maximum atomic E-state index is 10.7. The van der Waals surface area contributed by atoms with Gasteiger partial charge < -0.3 is 11.1 Å². The lowest BCUT2D eigenvalue weighted by Gasteiger charge is -2.10. The molecule has 2 aromatic rings. The number of nitrogen functional groups attached to an aromatic ring is 1. The van der Waals surface area contributed by atoms with Gasteiger partial charge in [-0.05, 0) is 46.9 Å². The van der Waals surface area contributed by atoms with Gasteiger partial charge >= 0.3 is 0 Å². The average molecular weight is 390 g/mol. The SMILES string of the molecule is Nc1ccc(Cl)c(Nc2ccc([N+](=O)[O-])cc2I)c1. The molecule has 0 fully saturated rings. The highest BCUT2D eigenvalue weighted by molar-refractivity contribution is 14.1. The molecule has 7 heteroatoms. The smallest absolute Gasteiger partial charge is 0.270 e. The number of nitrogens with two attached hydrogens (primary N) is 1. The molecule has 0 heterocycles. The topological polar surface area (TPSA) is 81.2 Å². The lowest BCUT2D eigenvalue weighted by Crippen LogP contribution is -1.97. The van der Waals surface area contributed by atoms with Crippen molar-refractivity contribution in [1.29, 1.82) is 0 Å². The quantitative estimate of drug-likeness (QED) is 0.357. The van der Waals surface area contributed by atoms with Gasteiger partial charge in [0.25, 0.3) is 5.69 Å². The maximum Gasteiger partial charge on any atom is 0.270 e. The first-order valence-corrected chi connectivity index (χ1v) is 6.69. The van der Waals surface area contributed by atoms with Gasteiger partial charge in [-0.15, -0.1) is 0 Å². The van der Waals surface area contributed by atoms with Crippen molar-refractivity contribution in [2.75, 3.05) is 11.1 Å². The van der Waals surface area contributed by atoms with Crippen molar-refractivity contribution in [2.24, 2.45) is 0 Å². The number of nitrogens with zero attached hydrogens (tertiary/aromatic N) is 1. The molecule has 19 heavy (non-hydrogen) atoms. The highest BCUT2D eigenvalue weighted by Crippen LogP contribution is 2.31. The van der Waals surface area contributed by atoms with Crippen molar-refractivity contribution in [3.8, 4) is 0 Å². The molecule has 0 aliphatic rings. The van der Waals surface area contributed by atoms with Gasteiger partial charge in [0.2, 0.25) is 0 Å². The van der Waals surface area contributed by atoms with Crippen LogP contribution in [0.4, 0.5) is 22.7 Å². The van der Waals surface area contributed by atoms with Crippen LogP contribution in [-0.2, 0) is 0 Å². The number of nitro benzene ring substituents is 1. The molecule has 0 atom stereocenters. The summed E-state index contributed by atoms with van der Waals surface area (Å²) in [6.07, 6.45) is 0. The Hall–Kier alpha value is -1.54. The summed E-state index contributed by atoms with van der Waals surface area (Å²) in [6, 6.07) is 9.67. The number of nitrogens with one attached hydrogen (secondary N) is 1. The predicted octanol–water partition coefficient (Wildman–Crippen LogP) is 4.18. The Morgan fingerprint density at radius 2 is 1.95 bits per heavy atom. The summed E-state index contributed by atoms with van der Waals surface area (Å²) in [4.78, 5) is 10.2. The normalized spacial score (nSPS) is 10.2. The zero-order chi connectivity index (χ0) is 14.0. The van der Waals surface area contributed by atoms with Crippen LogP contribution < -0.4 is 11.1 Å². The lowest BCUT2D eigenvalue weighted by atomic mass is 10.2. The van der Waals surface area contributed by atoms with Crippen molar-refractivity contribution in [3.05, 3.63) is 55.1 Å². The summed E-state index contributed by atoms with van der Waals surface area (Å²) in [5.41, 5.74) is 7.73. The lowest BCUT2D eigenvalue weighted by molar-refractivity contribution is -0.384. The van der Waals surface area contributed by atoms with E-state index in [-0.39, 0.29) is 5.69 Å². The van der Waals surface area contributed by atoms with E-state index in [0.717, 1.165) is 9.26 Å². The summed E-state index contributed by atoms with van der Waals surface area (Å²) in [7, 11) is 0. The third-order valence-corrected chi connectivity index (χ3v) is 3.65. The Kier molecular flexibility index (Phi) is 4.11. The van der Waals surface area contributed by atoms with Crippen LogP contribution in [0.15, 0.2) is 36.4 Å². The van der Waals surface area contributed by atoms with Crippen molar-refractivity contribution >= 4 is 56.9 Å². The van der Waals surface area contributed by atoms with Crippen LogP contribution in [-0.4, -0.2) is 4.92 Å². The molecule has 0 aliphatic heterocycles. The molecule has 0 aliphatic carbocycles. The fourth-order valence-corrected chi connectivity index (χ4v) is 2.30. The number of hydrogen-bond acceptors (Lipinski definition) is 4. The van der Waals surface area contributed by atoms with E-state index in [9.17, 15) is 10.1 Å². The number of anilines is 3. The fraction of sp³-hybridized carbons (Fsp3) is 0. The van der Waals surface area contributed by atoms with Gasteiger partial charge in [-0.25, -0.2) is 0 Å². The standard InChI is InChI=1S/C12H9ClIN3O2/c13-9-3-1-7(15)5-12(9)16-11-4-2-8(17(18)19)6-10(11)14/h1-6,16H,15H2. The van der Waals surface area contributed by atoms with E-state index >= 15 is 0 Å². The van der Waals surface area contributed by atoms with Gasteiger partial charge in [0.1, 0.15) is 0 Å². The summed E-state index contributed by atoms with van der Waals surface area (Å²) >= 11 is 8.08. The molecule has 0 saturated carbocycles. The number of hydrogen-bond donors (Lipinski definition) is 2. The van der Waals surface area contributed by atoms with E-state index in [0.29, 0.717) is 16.4 Å². The van der Waals surface area contributed by atoms with Crippen LogP contribution in [0, 0.1) is 13.7 Å². The minimum Gasteiger partial charge on any atom is -0.399 e. The van der Waals surface area contributed by atoms with Gasteiger partial charge in [-0.1, -0.05) is 11.6 Å². The summed E-state index contributed by atoms with van der Waals surface area (Å²) < 4.78 is 0.727. The molecule has 0 aromatic heterocycles. The van der Waals surface area contributed by atoms with E-state index in [1.165, 1.54) is 12.1 Å². The first kappa shape index (κ1) is 13.9. The zero-order valence-corrected chi connectivity index (χ0v) is 12.5. The molecule has 2 aromatic carbocycles. The van der Waals surface area contributed by atoms with Gasteiger partial charge in [0.05, 0.1) is 21.3 Å². The summed E-state index contributed by atoms with van der Waals surface area (Å²) in [5.74, 6) is 0. The molecule has 98 valence electrons. The predicted molar refractivity (Wildman–Crippen MR) is 85.0 cm³/mol. The van der Waals surface area contributed by atoms with Crippen molar-refractivity contribution < 1.29 is 4.92 Å². The van der Waals surface area contributed by atoms with Crippen LogP contribution in [0.25, 0.3) is 0 Å². The van der Waals surface area contributed by atoms with Crippen molar-refractivity contribution in [1.82, 2.24) is 0 Å². The number of nitro groups is 1. The van der Waals surface area contributed by atoms with E-state index < -0.39 is 4.92 Å². The second-order valence-electron chi connectivity index (χ2n) is 3.79. The van der Waals surface area contributed by atoms with Crippen molar-refractivity contribution in [2.45, 2.75) is 0 Å². The maximum absolute atomic E-state index is 10.7. The van der Waals surface area contributed by atoms with E-state index in [2.05, 4.69) is 5.32 Å². The molecule has 0 bridgehead atoms. The molecule has 0 amide bonds. The summed E-state index contributed by atoms with van der Waals surface area (Å²) in [5, 5.41) is 14.3. The Bertz CT molecular complexity index is 649. The Morgan fingerprint density at radius 1 is 1.21 bits per heavy atom. The van der Waals surface area contributed by atoms with Gasteiger partial charge in [0.15, 0.2) is 0 Å². The number of halogens is 2. The highest BCUT2D eigenvalue weighted by Gasteiger charge is 2.10. The van der Waals surface area contributed by atoms with E-state index in [1.807, 2.05) is 22.6 Å². The monoisotopic (exact) mass is 389 g/mol. The highest BCUT2D eigenvalue weighted by atomic mass is 127. The van der Waals surface area contributed by atoms with E-state index in [4.69, 9.17) is 17.3 Å². The van der Waals surface area contributed by atoms with Gasteiger partial charge in [0, 0.05) is 21.4 Å². The minimum absolute atomic E-state index is 0.0497. The van der Waals surface area contributed by atoms with Crippen LogP contribution >= 0.6 is 34.2 Å². The number of non-ortho nitro benzene ring substituents is 1. The second-order valence-corrected chi connectivity index (χ2v) is 5.35. The molecular weight excluding hydrogens is 381 g/mol. The molecule has 0 radical (unpaired) electrons. The molecule has 0 unspecified atom stereocenters. The van der Waals surface area contributed by atoms with Crippen molar-refractivity contribution in [3.63, 3.8) is 0 Å². The molecule has 3 N–H and O–H groups in total. The molecule has 5 nitrogen and oxygen atoms in total. The van der Waals surface area contributed by atoms with E-state index in [1.54, 1.807) is 24.3 Å². The van der Waals surface area contributed by atoms with Crippen LogP contribution in [0.5, 0.6) is 0 Å². The Labute approximate surface area is 128 Å². The first-order chi connectivity index (χ1) is 8.97. The zero-order valence-electron chi connectivity index (χ0n) is 9.56. The molecule has 0 spiro atoms. The number of rotatable bonds is 3. The summed E-state index contributed by atoms with van der Waals surface area (Å²) in [6.45, 7) is 0. The molecule has 0 saturated heterocycles. The van der Waals surface area contributed by atoms with Crippen LogP contribution in [0.1, 0.15) is 0 Å². The fourth-order valence-electron chi connectivity index (χ4n) is 1.50. The minimum atomic E-state index is -0.431. The third-order valence-electron chi connectivity index (χ3n) is 2.42. The Balaban J connectivity index is 2.33. The van der Waals surface area contributed by atoms with Crippen LogP contribution in [0.2, 0.25) is 5.02 Å². The second kappa shape index (κ2) is 5.62.